The summed E-state index contributed by atoms with van der Waals surface area (Å²) in [5.41, 5.74) is 2.14. The van der Waals surface area contributed by atoms with Gasteiger partial charge in [0.1, 0.15) is 0 Å². The summed E-state index contributed by atoms with van der Waals surface area (Å²) >= 11 is 3.32. The van der Waals surface area contributed by atoms with Crippen molar-refractivity contribution in [2.75, 3.05) is 19.1 Å². The maximum absolute atomic E-state index is 11.8. The van der Waals surface area contributed by atoms with E-state index in [0.29, 0.717) is 10.0 Å². The standard InChI is InChI=1S/C12H12BrNO3/c1-6-7-4-8(12(16)17-3)9(13)5-10(7)14(2)11(6)15/h4-6H,1-3H3. The Hall–Kier alpha value is -1.36. The summed E-state index contributed by atoms with van der Waals surface area (Å²) < 4.78 is 5.33. The molecule has 0 aromatic heterocycles. The minimum atomic E-state index is -0.408. The number of carbonyl (C=O) groups is 2. The van der Waals surface area contributed by atoms with Gasteiger partial charge in [-0.1, -0.05) is 0 Å². The number of amides is 1. The maximum Gasteiger partial charge on any atom is 0.339 e. The first kappa shape index (κ1) is 12.1. The smallest absolute Gasteiger partial charge is 0.339 e. The third-order valence-electron chi connectivity index (χ3n) is 3.05. The molecule has 2 rings (SSSR count). The van der Waals surface area contributed by atoms with Gasteiger partial charge >= 0.3 is 5.97 Å². The molecule has 1 heterocycles. The van der Waals surface area contributed by atoms with Gasteiger partial charge in [-0.25, -0.2) is 4.79 Å². The van der Waals surface area contributed by atoms with Crippen LogP contribution in [0.1, 0.15) is 28.8 Å². The van der Waals surface area contributed by atoms with E-state index in [2.05, 4.69) is 15.9 Å². The van der Waals surface area contributed by atoms with Gasteiger partial charge in [0.25, 0.3) is 0 Å². The van der Waals surface area contributed by atoms with Gasteiger partial charge in [0.15, 0.2) is 0 Å². The lowest BCUT2D eigenvalue weighted by Gasteiger charge is -2.11. The SMILES string of the molecule is COC(=O)c1cc2c(cc1Br)N(C)C(=O)C2C. The molecular formula is C12H12BrNO3. The van der Waals surface area contributed by atoms with Crippen molar-refractivity contribution in [1.29, 1.82) is 0 Å². The highest BCUT2D eigenvalue weighted by Crippen LogP contribution is 2.39. The fourth-order valence-electron chi connectivity index (χ4n) is 2.03. The van der Waals surface area contributed by atoms with Crippen LogP contribution in [-0.2, 0) is 9.53 Å². The number of ether oxygens (including phenoxy) is 1. The molecule has 0 saturated heterocycles. The molecule has 5 heteroatoms. The number of likely N-dealkylation sites (N-methyl/N-ethyl adjacent to an activating group) is 1. The van der Waals surface area contributed by atoms with Crippen LogP contribution in [0.25, 0.3) is 0 Å². The summed E-state index contributed by atoms with van der Waals surface area (Å²) in [4.78, 5) is 25.0. The number of hydrogen-bond acceptors (Lipinski definition) is 3. The second kappa shape index (κ2) is 4.14. The summed E-state index contributed by atoms with van der Waals surface area (Å²) in [6.07, 6.45) is 0. The van der Waals surface area contributed by atoms with Crippen molar-refractivity contribution < 1.29 is 14.3 Å². The Balaban J connectivity index is 2.59. The summed E-state index contributed by atoms with van der Waals surface area (Å²) in [5.74, 6) is -0.589. The van der Waals surface area contributed by atoms with E-state index in [-0.39, 0.29) is 11.8 Å². The third-order valence-corrected chi connectivity index (χ3v) is 3.71. The summed E-state index contributed by atoms with van der Waals surface area (Å²) in [6.45, 7) is 1.83. The number of fused-ring (bicyclic) bond motifs is 1. The van der Waals surface area contributed by atoms with Crippen LogP contribution in [0.4, 0.5) is 5.69 Å². The van der Waals surface area contributed by atoms with Gasteiger partial charge in [-0.15, -0.1) is 0 Å². The Morgan fingerprint density at radius 1 is 1.47 bits per heavy atom. The molecule has 17 heavy (non-hydrogen) atoms. The van der Waals surface area contributed by atoms with Gasteiger partial charge in [-0.05, 0) is 40.5 Å². The normalized spacial score (nSPS) is 18.2. The van der Waals surface area contributed by atoms with E-state index in [0.717, 1.165) is 11.3 Å². The van der Waals surface area contributed by atoms with E-state index < -0.39 is 5.97 Å². The molecular weight excluding hydrogens is 286 g/mol. The second-order valence-corrected chi connectivity index (χ2v) is 4.86. The zero-order valence-electron chi connectivity index (χ0n) is 9.78. The van der Waals surface area contributed by atoms with E-state index in [1.807, 2.05) is 6.92 Å². The molecule has 1 aliphatic heterocycles. The number of rotatable bonds is 1. The molecule has 90 valence electrons. The van der Waals surface area contributed by atoms with Gasteiger partial charge in [0.2, 0.25) is 5.91 Å². The summed E-state index contributed by atoms with van der Waals surface area (Å²) in [5, 5.41) is 0. The van der Waals surface area contributed by atoms with Gasteiger partial charge in [0, 0.05) is 17.2 Å². The molecule has 1 aromatic carbocycles. The molecule has 0 fully saturated rings. The summed E-state index contributed by atoms with van der Waals surface area (Å²) in [7, 11) is 3.07. The molecule has 1 atom stereocenters. The van der Waals surface area contributed by atoms with Crippen LogP contribution in [-0.4, -0.2) is 26.0 Å². The first-order valence-corrected chi connectivity index (χ1v) is 5.96. The third kappa shape index (κ3) is 1.74. The van der Waals surface area contributed by atoms with Crippen LogP contribution < -0.4 is 4.90 Å². The predicted octanol–water partition coefficient (Wildman–Crippen LogP) is 2.32. The molecule has 0 spiro atoms. The number of hydrogen-bond donors (Lipinski definition) is 0. The zero-order chi connectivity index (χ0) is 12.7. The Bertz CT molecular complexity index is 513. The van der Waals surface area contributed by atoms with Crippen molar-refractivity contribution in [2.24, 2.45) is 0 Å². The second-order valence-electron chi connectivity index (χ2n) is 4.00. The number of anilines is 1. The minimum Gasteiger partial charge on any atom is -0.465 e. The number of carbonyl (C=O) groups excluding carboxylic acids is 2. The van der Waals surface area contributed by atoms with Crippen molar-refractivity contribution >= 4 is 33.5 Å². The van der Waals surface area contributed by atoms with Gasteiger partial charge in [0.05, 0.1) is 18.6 Å². The van der Waals surface area contributed by atoms with E-state index in [1.54, 1.807) is 24.1 Å². The van der Waals surface area contributed by atoms with Gasteiger partial charge in [-0.2, -0.15) is 0 Å². The number of nitrogens with zero attached hydrogens (tertiary/aromatic N) is 1. The molecule has 0 radical (unpaired) electrons. The molecule has 1 amide bonds. The molecule has 4 nitrogen and oxygen atoms in total. The van der Waals surface area contributed by atoms with E-state index in [9.17, 15) is 9.59 Å². The van der Waals surface area contributed by atoms with E-state index in [4.69, 9.17) is 4.74 Å². The molecule has 1 aliphatic rings. The monoisotopic (exact) mass is 297 g/mol. The van der Waals surface area contributed by atoms with Crippen molar-refractivity contribution in [3.8, 4) is 0 Å². The summed E-state index contributed by atoms with van der Waals surface area (Å²) in [6, 6.07) is 3.50. The molecule has 0 saturated carbocycles. The predicted molar refractivity (Wildman–Crippen MR) is 67.3 cm³/mol. The minimum absolute atomic E-state index is 0.0360. The van der Waals surface area contributed by atoms with Crippen LogP contribution in [0.3, 0.4) is 0 Å². The highest BCUT2D eigenvalue weighted by Gasteiger charge is 2.33. The van der Waals surface area contributed by atoms with Crippen molar-refractivity contribution in [2.45, 2.75) is 12.8 Å². The quantitative estimate of drug-likeness (QED) is 0.748. The first-order valence-electron chi connectivity index (χ1n) is 5.16. The lowest BCUT2D eigenvalue weighted by molar-refractivity contribution is -0.118. The lowest BCUT2D eigenvalue weighted by atomic mass is 10.0. The van der Waals surface area contributed by atoms with E-state index >= 15 is 0 Å². The van der Waals surface area contributed by atoms with Crippen LogP contribution in [0.15, 0.2) is 16.6 Å². The zero-order valence-corrected chi connectivity index (χ0v) is 11.4. The van der Waals surface area contributed by atoms with Gasteiger partial charge in [-0.3, -0.25) is 4.79 Å². The average molecular weight is 298 g/mol. The Morgan fingerprint density at radius 3 is 2.71 bits per heavy atom. The van der Waals surface area contributed by atoms with Gasteiger partial charge < -0.3 is 9.64 Å². The molecule has 0 aliphatic carbocycles. The molecule has 0 bridgehead atoms. The topological polar surface area (TPSA) is 46.6 Å². The molecule has 1 aromatic rings. The van der Waals surface area contributed by atoms with Crippen molar-refractivity contribution in [3.63, 3.8) is 0 Å². The number of esters is 1. The molecule has 0 N–H and O–H groups in total. The van der Waals surface area contributed by atoms with E-state index in [1.165, 1.54) is 7.11 Å². The highest BCUT2D eigenvalue weighted by atomic mass is 79.9. The van der Waals surface area contributed by atoms with Crippen LogP contribution in [0, 0.1) is 0 Å². The molecule has 1 unspecified atom stereocenters. The number of halogens is 1. The highest BCUT2D eigenvalue weighted by molar-refractivity contribution is 9.10. The fourth-order valence-corrected chi connectivity index (χ4v) is 2.52. The van der Waals surface area contributed by atoms with Crippen LogP contribution >= 0.6 is 15.9 Å². The van der Waals surface area contributed by atoms with Crippen LogP contribution in [0.2, 0.25) is 0 Å². The maximum atomic E-state index is 11.8. The van der Waals surface area contributed by atoms with Crippen molar-refractivity contribution in [3.05, 3.63) is 27.7 Å². The van der Waals surface area contributed by atoms with Crippen molar-refractivity contribution in [1.82, 2.24) is 0 Å². The first-order chi connectivity index (χ1) is 7.97. The Labute approximate surface area is 108 Å². The number of benzene rings is 1. The number of methoxy groups -OCH3 is 1. The Morgan fingerprint density at radius 2 is 2.12 bits per heavy atom. The largest absolute Gasteiger partial charge is 0.465 e. The van der Waals surface area contributed by atoms with Crippen LogP contribution in [0.5, 0.6) is 0 Å². The lowest BCUT2D eigenvalue weighted by Crippen LogP contribution is -2.22. The average Bonchev–Trinajstić information content (AvgIpc) is 2.53. The Kier molecular flexibility index (Phi) is 2.95. The fraction of sp³-hybridized carbons (Fsp3) is 0.333.